The minimum absolute atomic E-state index is 0.0471. The predicted molar refractivity (Wildman–Crippen MR) is 153 cm³/mol. The third-order valence-corrected chi connectivity index (χ3v) is 7.94. The second-order valence-corrected chi connectivity index (χ2v) is 10.5. The SMILES string of the molecule is CC[C@H](Cc1ccccc1)C(=O)N(C)c1nc(-c2cc(OCF)ccc2-c2cnc3c(c2)OCCN3C)c(F)s1. The van der Waals surface area contributed by atoms with E-state index in [2.05, 4.69) is 9.97 Å². The fraction of sp³-hybridized carbons (Fsp3) is 0.300. The molecule has 0 aliphatic carbocycles. The first kappa shape index (κ1) is 27.5. The number of pyridine rings is 1. The van der Waals surface area contributed by atoms with Gasteiger partial charge in [-0.15, -0.1) is 0 Å². The normalized spacial score (nSPS) is 13.4. The summed E-state index contributed by atoms with van der Waals surface area (Å²) in [6.45, 7) is 2.19. The topological polar surface area (TPSA) is 67.8 Å². The van der Waals surface area contributed by atoms with Crippen molar-refractivity contribution in [2.24, 2.45) is 5.92 Å². The van der Waals surface area contributed by atoms with Crippen molar-refractivity contribution < 1.29 is 23.0 Å². The van der Waals surface area contributed by atoms with E-state index in [1.54, 1.807) is 31.4 Å². The molecule has 5 rings (SSSR count). The van der Waals surface area contributed by atoms with Gasteiger partial charge in [-0.25, -0.2) is 14.4 Å². The monoisotopic (exact) mass is 564 g/mol. The number of amides is 1. The number of thiazole rings is 1. The van der Waals surface area contributed by atoms with E-state index in [9.17, 15) is 9.18 Å². The molecule has 0 saturated carbocycles. The highest BCUT2D eigenvalue weighted by atomic mass is 32.1. The Bertz CT molecular complexity index is 1500. The fourth-order valence-corrected chi connectivity index (χ4v) is 5.55. The average molecular weight is 565 g/mol. The first-order valence-corrected chi connectivity index (χ1v) is 13.9. The summed E-state index contributed by atoms with van der Waals surface area (Å²) in [5.74, 6) is 1.16. The summed E-state index contributed by atoms with van der Waals surface area (Å²) >= 11 is 0.792. The quantitative estimate of drug-likeness (QED) is 0.235. The summed E-state index contributed by atoms with van der Waals surface area (Å²) in [4.78, 5) is 25.9. The van der Waals surface area contributed by atoms with Crippen LogP contribution in [0.1, 0.15) is 18.9 Å². The molecule has 7 nitrogen and oxygen atoms in total. The molecular weight excluding hydrogens is 534 g/mol. The van der Waals surface area contributed by atoms with Gasteiger partial charge in [0.25, 0.3) is 0 Å². The molecule has 40 heavy (non-hydrogen) atoms. The van der Waals surface area contributed by atoms with Crippen LogP contribution in [-0.4, -0.2) is 50.0 Å². The Labute approximate surface area is 236 Å². The third kappa shape index (κ3) is 5.62. The lowest BCUT2D eigenvalue weighted by Gasteiger charge is -2.26. The number of rotatable bonds is 9. The molecule has 4 aromatic rings. The summed E-state index contributed by atoms with van der Waals surface area (Å²) in [5.41, 5.74) is 2.81. The van der Waals surface area contributed by atoms with E-state index >= 15 is 4.39 Å². The van der Waals surface area contributed by atoms with Crippen LogP contribution in [0.2, 0.25) is 0 Å². The van der Waals surface area contributed by atoms with Gasteiger partial charge in [0.05, 0.1) is 6.54 Å². The molecule has 0 bridgehead atoms. The van der Waals surface area contributed by atoms with Gasteiger partial charge in [-0.2, -0.15) is 4.39 Å². The molecule has 3 heterocycles. The van der Waals surface area contributed by atoms with E-state index in [4.69, 9.17) is 9.47 Å². The van der Waals surface area contributed by atoms with Gasteiger partial charge >= 0.3 is 0 Å². The third-order valence-electron chi connectivity index (χ3n) is 7.02. The van der Waals surface area contributed by atoms with Crippen LogP contribution < -0.4 is 19.3 Å². The van der Waals surface area contributed by atoms with Gasteiger partial charge in [0.15, 0.2) is 16.7 Å². The molecule has 208 valence electrons. The van der Waals surface area contributed by atoms with Crippen molar-refractivity contribution in [1.82, 2.24) is 9.97 Å². The average Bonchev–Trinajstić information content (AvgIpc) is 3.37. The summed E-state index contributed by atoms with van der Waals surface area (Å²) < 4.78 is 39.5. The second-order valence-electron chi connectivity index (χ2n) is 9.59. The van der Waals surface area contributed by atoms with E-state index in [1.165, 1.54) is 4.90 Å². The Morgan fingerprint density at radius 2 is 2.00 bits per heavy atom. The molecular formula is C30H30F2N4O3S. The van der Waals surface area contributed by atoms with Gasteiger partial charge in [-0.1, -0.05) is 48.6 Å². The van der Waals surface area contributed by atoms with Crippen LogP contribution in [0.5, 0.6) is 11.5 Å². The van der Waals surface area contributed by atoms with Crippen LogP contribution in [0.15, 0.2) is 60.8 Å². The number of halogens is 2. The number of fused-ring (bicyclic) bond motifs is 1. The minimum Gasteiger partial charge on any atom is -0.488 e. The van der Waals surface area contributed by atoms with E-state index in [0.29, 0.717) is 41.9 Å². The molecule has 0 fully saturated rings. The van der Waals surface area contributed by atoms with Crippen molar-refractivity contribution in [1.29, 1.82) is 0 Å². The fourth-order valence-electron chi connectivity index (χ4n) is 4.77. The lowest BCUT2D eigenvalue weighted by Crippen LogP contribution is -2.33. The maximum Gasteiger partial charge on any atom is 0.231 e. The van der Waals surface area contributed by atoms with Crippen LogP contribution in [0.25, 0.3) is 22.4 Å². The number of ether oxygens (including phenoxy) is 2. The van der Waals surface area contributed by atoms with Crippen molar-refractivity contribution in [3.05, 3.63) is 71.5 Å². The van der Waals surface area contributed by atoms with Gasteiger partial charge in [0.2, 0.25) is 17.9 Å². The van der Waals surface area contributed by atoms with Crippen molar-refractivity contribution in [3.63, 3.8) is 0 Å². The summed E-state index contributed by atoms with van der Waals surface area (Å²) in [5, 5.41) is -0.327. The molecule has 1 aliphatic rings. The van der Waals surface area contributed by atoms with Crippen molar-refractivity contribution in [2.45, 2.75) is 19.8 Å². The first-order valence-electron chi connectivity index (χ1n) is 13.0. The Kier molecular flexibility index (Phi) is 8.25. The standard InChI is InChI=1S/C30H30F2N4O3S/c1-4-20(14-19-8-6-5-7-9-19)29(37)36(3)30-34-26(27(32)40-30)24-16-22(39-18-31)10-11-23(24)21-15-25-28(33-17-21)35(2)12-13-38-25/h5-11,15-17,20H,4,12-14,18H2,1-3H3/t20-/m1/s1. The number of anilines is 2. The smallest absolute Gasteiger partial charge is 0.231 e. The van der Waals surface area contributed by atoms with E-state index in [1.807, 2.05) is 55.3 Å². The largest absolute Gasteiger partial charge is 0.488 e. The van der Waals surface area contributed by atoms with Gasteiger partial charge in [-0.3, -0.25) is 9.69 Å². The highest BCUT2D eigenvalue weighted by Gasteiger charge is 2.27. The van der Waals surface area contributed by atoms with Crippen molar-refractivity contribution in [2.75, 3.05) is 43.9 Å². The first-order chi connectivity index (χ1) is 19.4. The molecule has 10 heteroatoms. The maximum atomic E-state index is 15.5. The summed E-state index contributed by atoms with van der Waals surface area (Å²) in [7, 11) is 3.55. The number of carbonyl (C=O) groups is 1. The van der Waals surface area contributed by atoms with Gasteiger partial charge in [0.1, 0.15) is 18.1 Å². The zero-order chi connectivity index (χ0) is 28.2. The van der Waals surface area contributed by atoms with Crippen molar-refractivity contribution >= 4 is 28.2 Å². The van der Waals surface area contributed by atoms with Crippen LogP contribution in [-0.2, 0) is 11.2 Å². The van der Waals surface area contributed by atoms with E-state index in [-0.39, 0.29) is 28.4 Å². The molecule has 1 aliphatic heterocycles. The molecule has 1 amide bonds. The number of alkyl halides is 1. The summed E-state index contributed by atoms with van der Waals surface area (Å²) in [6, 6.07) is 16.5. The molecule has 0 N–H and O–H groups in total. The number of hydrogen-bond donors (Lipinski definition) is 0. The summed E-state index contributed by atoms with van der Waals surface area (Å²) in [6.07, 6.45) is 2.90. The van der Waals surface area contributed by atoms with Gasteiger partial charge < -0.3 is 14.4 Å². The Morgan fingerprint density at radius 1 is 1.20 bits per heavy atom. The molecule has 0 saturated heterocycles. The lowest BCUT2D eigenvalue weighted by atomic mass is 9.96. The number of likely N-dealkylation sites (N-methyl/N-ethyl adjacent to an activating group) is 1. The van der Waals surface area contributed by atoms with E-state index < -0.39 is 12.0 Å². The number of hydrogen-bond acceptors (Lipinski definition) is 7. The Hall–Kier alpha value is -4.05. The Balaban J connectivity index is 1.50. The van der Waals surface area contributed by atoms with E-state index in [0.717, 1.165) is 29.3 Å². The highest BCUT2D eigenvalue weighted by molar-refractivity contribution is 7.14. The molecule has 0 unspecified atom stereocenters. The lowest BCUT2D eigenvalue weighted by molar-refractivity contribution is -0.122. The zero-order valence-corrected chi connectivity index (χ0v) is 23.4. The zero-order valence-electron chi connectivity index (χ0n) is 22.6. The maximum absolute atomic E-state index is 15.5. The number of carbonyl (C=O) groups excluding carboxylic acids is 1. The second kappa shape index (κ2) is 12.0. The van der Waals surface area contributed by atoms with Crippen LogP contribution >= 0.6 is 11.3 Å². The van der Waals surface area contributed by atoms with Crippen LogP contribution in [0.4, 0.5) is 19.7 Å². The van der Waals surface area contributed by atoms with Gasteiger partial charge in [-0.05, 0) is 48.2 Å². The van der Waals surface area contributed by atoms with Gasteiger partial charge in [0, 0.05) is 37.3 Å². The molecule has 0 spiro atoms. The van der Waals surface area contributed by atoms with Crippen LogP contribution in [0, 0.1) is 11.0 Å². The predicted octanol–water partition coefficient (Wildman–Crippen LogP) is 6.38. The number of aromatic nitrogens is 2. The molecule has 1 atom stereocenters. The minimum atomic E-state index is -1.03. The van der Waals surface area contributed by atoms with Crippen molar-refractivity contribution in [3.8, 4) is 33.9 Å². The Morgan fingerprint density at radius 3 is 2.75 bits per heavy atom. The highest BCUT2D eigenvalue weighted by Crippen LogP contribution is 2.41. The van der Waals surface area contributed by atoms with Crippen LogP contribution in [0.3, 0.4) is 0 Å². The molecule has 2 aromatic heterocycles. The molecule has 2 aromatic carbocycles. The number of nitrogens with zero attached hydrogens (tertiary/aromatic N) is 4. The molecule has 0 radical (unpaired) electrons. The number of benzene rings is 2.